The van der Waals surface area contributed by atoms with Crippen molar-refractivity contribution in [1.82, 2.24) is 10.5 Å². The summed E-state index contributed by atoms with van der Waals surface area (Å²) >= 11 is 0. The number of carboxylic acids is 1. The molecule has 1 amide bonds. The van der Waals surface area contributed by atoms with Gasteiger partial charge in [0.15, 0.2) is 0 Å². The Labute approximate surface area is 123 Å². The normalized spacial score (nSPS) is 18.9. The highest BCUT2D eigenvalue weighted by atomic mass is 16.5. The molecule has 0 spiro atoms. The number of carbonyl (C=O) groups is 2. The van der Waals surface area contributed by atoms with Gasteiger partial charge in [0.2, 0.25) is 5.91 Å². The molecule has 1 heterocycles. The number of aromatic nitrogens is 1. The van der Waals surface area contributed by atoms with Crippen molar-refractivity contribution in [3.63, 3.8) is 0 Å². The van der Waals surface area contributed by atoms with Crippen LogP contribution in [-0.2, 0) is 16.0 Å². The molecule has 1 aromatic rings. The van der Waals surface area contributed by atoms with Crippen molar-refractivity contribution in [1.29, 1.82) is 0 Å². The molecule has 2 N–H and O–H groups in total. The molecule has 0 aromatic carbocycles. The molecule has 0 saturated heterocycles. The molecular formula is C15H22N2O4. The number of rotatable bonds is 6. The van der Waals surface area contributed by atoms with E-state index in [0.717, 1.165) is 24.1 Å². The van der Waals surface area contributed by atoms with Gasteiger partial charge in [0, 0.05) is 11.5 Å². The van der Waals surface area contributed by atoms with Crippen LogP contribution in [0.2, 0.25) is 0 Å². The fraction of sp³-hybridized carbons (Fsp3) is 0.667. The Bertz CT molecular complexity index is 543. The number of nitrogens with zero attached hydrogens (tertiary/aromatic N) is 1. The van der Waals surface area contributed by atoms with E-state index in [-0.39, 0.29) is 17.7 Å². The summed E-state index contributed by atoms with van der Waals surface area (Å²) in [5, 5.41) is 16.0. The first-order valence-electron chi connectivity index (χ1n) is 7.23. The van der Waals surface area contributed by atoms with Gasteiger partial charge in [0.25, 0.3) is 0 Å². The standard InChI is InChI=1S/C15H22N2O4/c1-8(7-12-9(2)17-21-10(12)3)13(18)16-15(4,14(19)20)11-5-6-11/h8,11H,5-7H2,1-4H3,(H,16,18)(H,19,20)/t8-,15-/m1/s1. The molecule has 2 rings (SSSR count). The van der Waals surface area contributed by atoms with Crippen LogP contribution in [0.3, 0.4) is 0 Å². The Morgan fingerprint density at radius 2 is 2.10 bits per heavy atom. The maximum atomic E-state index is 12.3. The van der Waals surface area contributed by atoms with E-state index in [1.807, 2.05) is 13.8 Å². The number of carbonyl (C=O) groups excluding carboxylic acids is 1. The molecular weight excluding hydrogens is 272 g/mol. The van der Waals surface area contributed by atoms with Crippen LogP contribution >= 0.6 is 0 Å². The molecule has 6 heteroatoms. The summed E-state index contributed by atoms with van der Waals surface area (Å²) in [6.45, 7) is 7.03. The average molecular weight is 294 g/mol. The van der Waals surface area contributed by atoms with Gasteiger partial charge in [0.1, 0.15) is 11.3 Å². The molecule has 0 bridgehead atoms. The third kappa shape index (κ3) is 3.09. The van der Waals surface area contributed by atoms with Gasteiger partial charge < -0.3 is 14.9 Å². The van der Waals surface area contributed by atoms with Crippen LogP contribution in [0.15, 0.2) is 4.52 Å². The van der Waals surface area contributed by atoms with Crippen LogP contribution in [-0.4, -0.2) is 27.7 Å². The third-order valence-electron chi connectivity index (χ3n) is 4.36. The third-order valence-corrected chi connectivity index (χ3v) is 4.36. The first-order valence-corrected chi connectivity index (χ1v) is 7.23. The van der Waals surface area contributed by atoms with E-state index >= 15 is 0 Å². The molecule has 0 radical (unpaired) electrons. The molecule has 1 aliphatic carbocycles. The summed E-state index contributed by atoms with van der Waals surface area (Å²) in [7, 11) is 0. The van der Waals surface area contributed by atoms with Crippen LogP contribution in [0.1, 0.15) is 43.7 Å². The lowest BCUT2D eigenvalue weighted by molar-refractivity contribution is -0.148. The summed E-state index contributed by atoms with van der Waals surface area (Å²) in [4.78, 5) is 23.8. The van der Waals surface area contributed by atoms with Crippen LogP contribution in [0.5, 0.6) is 0 Å². The Hall–Kier alpha value is -1.85. The Morgan fingerprint density at radius 3 is 2.52 bits per heavy atom. The summed E-state index contributed by atoms with van der Waals surface area (Å²) < 4.78 is 5.09. The molecule has 1 fully saturated rings. The summed E-state index contributed by atoms with van der Waals surface area (Å²) in [6, 6.07) is 0. The van der Waals surface area contributed by atoms with Gasteiger partial charge in [-0.1, -0.05) is 12.1 Å². The van der Waals surface area contributed by atoms with Gasteiger partial charge in [-0.3, -0.25) is 4.79 Å². The predicted octanol–water partition coefficient (Wildman–Crippen LogP) is 1.84. The number of hydrogen-bond acceptors (Lipinski definition) is 4. The number of carboxylic acid groups (broad SMARTS) is 1. The SMILES string of the molecule is Cc1noc(C)c1C[C@@H](C)C(=O)N[C@@](C)(C(=O)O)C1CC1. The van der Waals surface area contributed by atoms with Gasteiger partial charge >= 0.3 is 5.97 Å². The molecule has 2 atom stereocenters. The van der Waals surface area contributed by atoms with Gasteiger partial charge in [-0.25, -0.2) is 4.79 Å². The largest absolute Gasteiger partial charge is 0.480 e. The molecule has 1 aliphatic rings. The zero-order valence-electron chi connectivity index (χ0n) is 12.9. The fourth-order valence-electron chi connectivity index (χ4n) is 2.56. The van der Waals surface area contributed by atoms with Crippen molar-refractivity contribution in [2.45, 2.75) is 52.5 Å². The fourth-order valence-corrected chi connectivity index (χ4v) is 2.56. The quantitative estimate of drug-likeness (QED) is 0.835. The molecule has 0 aliphatic heterocycles. The van der Waals surface area contributed by atoms with Crippen LogP contribution in [0.25, 0.3) is 0 Å². The minimum atomic E-state index is -1.16. The van der Waals surface area contributed by atoms with Gasteiger partial charge in [-0.2, -0.15) is 0 Å². The van der Waals surface area contributed by atoms with E-state index in [9.17, 15) is 14.7 Å². The molecule has 6 nitrogen and oxygen atoms in total. The molecule has 1 aromatic heterocycles. The highest BCUT2D eigenvalue weighted by molar-refractivity contribution is 5.88. The summed E-state index contributed by atoms with van der Waals surface area (Å²) in [5.41, 5.74) is 0.529. The zero-order chi connectivity index (χ0) is 15.8. The van der Waals surface area contributed by atoms with Crippen LogP contribution in [0, 0.1) is 25.7 Å². The van der Waals surface area contributed by atoms with Gasteiger partial charge in [-0.05, 0) is 46.0 Å². The topological polar surface area (TPSA) is 92.4 Å². The molecule has 116 valence electrons. The lowest BCUT2D eigenvalue weighted by atomic mass is 9.93. The second kappa shape index (κ2) is 5.50. The summed E-state index contributed by atoms with van der Waals surface area (Å²) in [5.74, 6) is -0.811. The summed E-state index contributed by atoms with van der Waals surface area (Å²) in [6.07, 6.45) is 2.19. The van der Waals surface area contributed by atoms with E-state index in [0.29, 0.717) is 12.2 Å². The highest BCUT2D eigenvalue weighted by Gasteiger charge is 2.48. The minimum absolute atomic E-state index is 0.0326. The van der Waals surface area contributed by atoms with Crippen molar-refractivity contribution in [3.05, 3.63) is 17.0 Å². The number of aliphatic carboxylic acids is 1. The van der Waals surface area contributed by atoms with E-state index in [1.54, 1.807) is 13.8 Å². The average Bonchev–Trinajstić information content (AvgIpc) is 3.21. The Kier molecular flexibility index (Phi) is 4.07. The van der Waals surface area contributed by atoms with E-state index in [1.165, 1.54) is 0 Å². The van der Waals surface area contributed by atoms with Crippen molar-refractivity contribution in [3.8, 4) is 0 Å². The Morgan fingerprint density at radius 1 is 1.48 bits per heavy atom. The molecule has 0 unspecified atom stereocenters. The lowest BCUT2D eigenvalue weighted by Gasteiger charge is -2.27. The Balaban J connectivity index is 2.04. The van der Waals surface area contributed by atoms with E-state index < -0.39 is 11.5 Å². The van der Waals surface area contributed by atoms with Crippen molar-refractivity contribution in [2.24, 2.45) is 11.8 Å². The van der Waals surface area contributed by atoms with Gasteiger partial charge in [0.05, 0.1) is 5.69 Å². The van der Waals surface area contributed by atoms with Crippen LogP contribution in [0.4, 0.5) is 0 Å². The monoisotopic (exact) mass is 294 g/mol. The second-order valence-electron chi connectivity index (χ2n) is 6.18. The number of hydrogen-bond donors (Lipinski definition) is 2. The molecule has 1 saturated carbocycles. The second-order valence-corrected chi connectivity index (χ2v) is 6.18. The van der Waals surface area contributed by atoms with Crippen molar-refractivity contribution in [2.75, 3.05) is 0 Å². The number of aryl methyl sites for hydroxylation is 2. The van der Waals surface area contributed by atoms with Crippen molar-refractivity contribution >= 4 is 11.9 Å². The lowest BCUT2D eigenvalue weighted by Crippen LogP contribution is -2.55. The number of nitrogens with one attached hydrogen (secondary N) is 1. The van der Waals surface area contributed by atoms with E-state index in [2.05, 4.69) is 10.5 Å². The minimum Gasteiger partial charge on any atom is -0.480 e. The zero-order valence-corrected chi connectivity index (χ0v) is 12.9. The maximum Gasteiger partial charge on any atom is 0.329 e. The maximum absolute atomic E-state index is 12.3. The predicted molar refractivity (Wildman–Crippen MR) is 75.8 cm³/mol. The number of amides is 1. The van der Waals surface area contributed by atoms with E-state index in [4.69, 9.17) is 4.52 Å². The smallest absolute Gasteiger partial charge is 0.329 e. The first-order chi connectivity index (χ1) is 9.75. The first kappa shape index (κ1) is 15.5. The van der Waals surface area contributed by atoms with Crippen LogP contribution < -0.4 is 5.32 Å². The van der Waals surface area contributed by atoms with Crippen molar-refractivity contribution < 1.29 is 19.2 Å². The highest BCUT2D eigenvalue weighted by Crippen LogP contribution is 2.40. The molecule has 21 heavy (non-hydrogen) atoms. The van der Waals surface area contributed by atoms with Gasteiger partial charge in [-0.15, -0.1) is 0 Å².